The highest BCUT2D eigenvalue weighted by molar-refractivity contribution is 14.0. The summed E-state index contributed by atoms with van der Waals surface area (Å²) >= 11 is 0. The predicted molar refractivity (Wildman–Crippen MR) is 92.2 cm³/mol. The number of aryl methyl sites for hydroxylation is 1. The van der Waals surface area contributed by atoms with Crippen molar-refractivity contribution in [1.82, 2.24) is 15.4 Å². The van der Waals surface area contributed by atoms with Crippen molar-refractivity contribution in [2.24, 2.45) is 4.99 Å². The number of nitrogens with one attached hydrogen (secondary N) is 3. The first-order chi connectivity index (χ1) is 8.99. The third kappa shape index (κ3) is 6.06. The Balaban J connectivity index is 0.00000361. The highest BCUT2D eigenvalue weighted by atomic mass is 127. The number of hydrogen-bond acceptors (Lipinski definition) is 3. The molecular formula is C12H21IN4O2S. The Bertz CT molecular complexity index is 529. The van der Waals surface area contributed by atoms with Crippen LogP contribution in [0.5, 0.6) is 0 Å². The third-order valence-corrected chi connectivity index (χ3v) is 3.98. The van der Waals surface area contributed by atoms with Crippen LogP contribution in [0.4, 0.5) is 0 Å². The van der Waals surface area contributed by atoms with E-state index in [1.807, 2.05) is 6.92 Å². The molecule has 0 aromatic heterocycles. The average molecular weight is 412 g/mol. The first kappa shape index (κ1) is 19.1. The molecule has 114 valence electrons. The van der Waals surface area contributed by atoms with E-state index in [0.717, 1.165) is 5.56 Å². The number of rotatable bonds is 5. The summed E-state index contributed by atoms with van der Waals surface area (Å²) in [4.78, 5) is 4.20. The van der Waals surface area contributed by atoms with Gasteiger partial charge in [0.25, 0.3) is 0 Å². The van der Waals surface area contributed by atoms with Crippen LogP contribution < -0.4 is 15.4 Å². The maximum atomic E-state index is 11.9. The van der Waals surface area contributed by atoms with Gasteiger partial charge in [-0.3, -0.25) is 4.99 Å². The number of nitrogens with zero attached hydrogens (tertiary/aromatic N) is 1. The first-order valence-electron chi connectivity index (χ1n) is 5.94. The highest BCUT2D eigenvalue weighted by Gasteiger charge is 2.12. The van der Waals surface area contributed by atoms with Crippen LogP contribution in [-0.2, 0) is 10.0 Å². The molecule has 3 N–H and O–H groups in total. The number of hydrogen-bond donors (Lipinski definition) is 3. The van der Waals surface area contributed by atoms with Gasteiger partial charge in [0, 0.05) is 27.2 Å². The molecule has 0 aliphatic carbocycles. The van der Waals surface area contributed by atoms with Gasteiger partial charge in [0.2, 0.25) is 10.0 Å². The maximum Gasteiger partial charge on any atom is 0.240 e. The summed E-state index contributed by atoms with van der Waals surface area (Å²) in [7, 11) is -0.0487. The minimum atomic E-state index is -3.44. The molecule has 0 unspecified atom stereocenters. The zero-order valence-electron chi connectivity index (χ0n) is 11.8. The fourth-order valence-corrected chi connectivity index (χ4v) is 2.48. The molecule has 0 bridgehead atoms. The van der Waals surface area contributed by atoms with Crippen molar-refractivity contribution >= 4 is 40.0 Å². The van der Waals surface area contributed by atoms with E-state index in [4.69, 9.17) is 0 Å². The second-order valence-corrected chi connectivity index (χ2v) is 5.73. The van der Waals surface area contributed by atoms with E-state index < -0.39 is 10.0 Å². The van der Waals surface area contributed by atoms with Gasteiger partial charge in [-0.25, -0.2) is 13.1 Å². The van der Waals surface area contributed by atoms with Gasteiger partial charge in [-0.15, -0.1) is 24.0 Å². The molecule has 0 radical (unpaired) electrons. The van der Waals surface area contributed by atoms with Crippen LogP contribution in [0.15, 0.2) is 34.2 Å². The molecule has 0 spiro atoms. The van der Waals surface area contributed by atoms with Crippen molar-refractivity contribution in [3.8, 4) is 0 Å². The van der Waals surface area contributed by atoms with E-state index in [2.05, 4.69) is 20.3 Å². The minimum absolute atomic E-state index is 0. The van der Waals surface area contributed by atoms with Gasteiger partial charge in [0.1, 0.15) is 0 Å². The van der Waals surface area contributed by atoms with E-state index in [9.17, 15) is 8.42 Å². The monoisotopic (exact) mass is 412 g/mol. The van der Waals surface area contributed by atoms with Crippen LogP contribution in [0.1, 0.15) is 5.56 Å². The molecule has 0 atom stereocenters. The summed E-state index contributed by atoms with van der Waals surface area (Å²) < 4.78 is 26.4. The summed E-state index contributed by atoms with van der Waals surface area (Å²) in [6.07, 6.45) is 0. The summed E-state index contributed by atoms with van der Waals surface area (Å²) in [5.74, 6) is 0.620. The Morgan fingerprint density at radius 1 is 1.20 bits per heavy atom. The summed E-state index contributed by atoms with van der Waals surface area (Å²) in [5.41, 5.74) is 1.03. The Hall–Kier alpha value is -0.870. The standard InChI is InChI=1S/C12H20N4O2S.HI/c1-10-4-6-11(7-5-10)19(17,18)16-9-8-15-12(13-2)14-3;/h4-7,16H,8-9H2,1-3H3,(H2,13,14,15);1H. The molecule has 0 saturated heterocycles. The van der Waals surface area contributed by atoms with Crippen LogP contribution >= 0.6 is 24.0 Å². The summed E-state index contributed by atoms with van der Waals surface area (Å²) in [6.45, 7) is 2.66. The van der Waals surface area contributed by atoms with Gasteiger partial charge in [-0.2, -0.15) is 0 Å². The lowest BCUT2D eigenvalue weighted by Gasteiger charge is -2.10. The third-order valence-electron chi connectivity index (χ3n) is 2.50. The van der Waals surface area contributed by atoms with Gasteiger partial charge >= 0.3 is 0 Å². The van der Waals surface area contributed by atoms with E-state index in [0.29, 0.717) is 12.5 Å². The first-order valence-corrected chi connectivity index (χ1v) is 7.42. The zero-order chi connectivity index (χ0) is 14.3. The molecule has 1 aromatic rings. The van der Waals surface area contributed by atoms with Crippen LogP contribution in [0.2, 0.25) is 0 Å². The predicted octanol–water partition coefficient (Wildman–Crippen LogP) is 0.686. The number of sulfonamides is 1. The van der Waals surface area contributed by atoms with Crippen LogP contribution in [0.25, 0.3) is 0 Å². The van der Waals surface area contributed by atoms with Gasteiger partial charge in [0.05, 0.1) is 4.90 Å². The molecule has 0 heterocycles. The van der Waals surface area contributed by atoms with Crippen molar-refractivity contribution in [1.29, 1.82) is 0 Å². The number of guanidine groups is 1. The van der Waals surface area contributed by atoms with Gasteiger partial charge < -0.3 is 10.6 Å². The summed E-state index contributed by atoms with van der Waals surface area (Å²) in [5, 5.41) is 5.81. The van der Waals surface area contributed by atoms with Crippen LogP contribution in [0.3, 0.4) is 0 Å². The molecule has 20 heavy (non-hydrogen) atoms. The summed E-state index contributed by atoms with van der Waals surface area (Å²) in [6, 6.07) is 6.74. The second kappa shape index (κ2) is 9.14. The topological polar surface area (TPSA) is 82.6 Å². The van der Waals surface area contributed by atoms with E-state index >= 15 is 0 Å². The van der Waals surface area contributed by atoms with Crippen LogP contribution in [-0.4, -0.2) is 41.6 Å². The molecule has 0 fully saturated rings. The molecule has 8 heteroatoms. The molecular weight excluding hydrogens is 391 g/mol. The lowest BCUT2D eigenvalue weighted by Crippen LogP contribution is -2.39. The molecule has 0 aliphatic rings. The number of benzene rings is 1. The van der Waals surface area contributed by atoms with Gasteiger partial charge in [-0.1, -0.05) is 17.7 Å². The second-order valence-electron chi connectivity index (χ2n) is 3.96. The Morgan fingerprint density at radius 2 is 1.80 bits per heavy atom. The molecule has 1 rings (SSSR count). The van der Waals surface area contributed by atoms with Crippen LogP contribution in [0, 0.1) is 6.92 Å². The fourth-order valence-electron chi connectivity index (χ4n) is 1.45. The SMILES string of the molecule is CN=C(NC)NCCNS(=O)(=O)c1ccc(C)cc1.I. The molecule has 0 amide bonds. The molecule has 1 aromatic carbocycles. The number of halogens is 1. The normalized spacial score (nSPS) is 11.7. The largest absolute Gasteiger partial charge is 0.359 e. The van der Waals surface area contributed by atoms with E-state index in [-0.39, 0.29) is 35.4 Å². The minimum Gasteiger partial charge on any atom is -0.359 e. The fraction of sp³-hybridized carbons (Fsp3) is 0.417. The van der Waals surface area contributed by atoms with Crippen molar-refractivity contribution in [3.05, 3.63) is 29.8 Å². The zero-order valence-corrected chi connectivity index (χ0v) is 15.0. The number of aliphatic imine (C=N–C) groups is 1. The molecule has 0 saturated carbocycles. The average Bonchev–Trinajstić information content (AvgIpc) is 2.39. The molecule has 0 aliphatic heterocycles. The van der Waals surface area contributed by atoms with Gasteiger partial charge in [0.15, 0.2) is 5.96 Å². The lowest BCUT2D eigenvalue weighted by molar-refractivity contribution is 0.580. The highest BCUT2D eigenvalue weighted by Crippen LogP contribution is 2.09. The van der Waals surface area contributed by atoms with E-state index in [1.54, 1.807) is 38.4 Å². The van der Waals surface area contributed by atoms with Gasteiger partial charge in [-0.05, 0) is 19.1 Å². The van der Waals surface area contributed by atoms with Crippen molar-refractivity contribution in [2.75, 3.05) is 27.2 Å². The van der Waals surface area contributed by atoms with E-state index in [1.165, 1.54) is 0 Å². The smallest absolute Gasteiger partial charge is 0.240 e. The maximum absolute atomic E-state index is 11.9. The Morgan fingerprint density at radius 3 is 2.30 bits per heavy atom. The lowest BCUT2D eigenvalue weighted by atomic mass is 10.2. The Labute approximate surface area is 137 Å². The quantitative estimate of drug-likeness (QED) is 0.288. The van der Waals surface area contributed by atoms with Crippen molar-refractivity contribution in [3.63, 3.8) is 0 Å². The van der Waals surface area contributed by atoms with Crippen molar-refractivity contribution < 1.29 is 8.42 Å². The molecule has 6 nitrogen and oxygen atoms in total. The Kier molecular flexibility index (Phi) is 8.74. The van der Waals surface area contributed by atoms with Crippen molar-refractivity contribution in [2.45, 2.75) is 11.8 Å².